The zero-order chi connectivity index (χ0) is 13.2. The zero-order valence-electron chi connectivity index (χ0n) is 10.8. The van der Waals surface area contributed by atoms with Crippen LogP contribution in [0.3, 0.4) is 0 Å². The Morgan fingerprint density at radius 2 is 2.16 bits per heavy atom. The molecule has 0 amide bonds. The van der Waals surface area contributed by atoms with Crippen molar-refractivity contribution in [2.75, 3.05) is 11.1 Å². The predicted molar refractivity (Wildman–Crippen MR) is 79.0 cm³/mol. The number of nitrogen functional groups attached to an aromatic ring is 1. The summed E-state index contributed by atoms with van der Waals surface area (Å²) in [5.74, 6) is 0. The lowest BCUT2D eigenvalue weighted by molar-refractivity contribution is 1.12. The number of hydrogen-bond acceptors (Lipinski definition) is 3. The van der Waals surface area contributed by atoms with Gasteiger partial charge in [0.25, 0.3) is 0 Å². The second kappa shape index (κ2) is 4.65. The van der Waals surface area contributed by atoms with Crippen LogP contribution < -0.4 is 11.1 Å². The Balaban J connectivity index is 1.79. The van der Waals surface area contributed by atoms with E-state index in [1.54, 1.807) is 0 Å². The first-order chi connectivity index (χ1) is 9.22. The highest BCUT2D eigenvalue weighted by molar-refractivity contribution is 5.75. The minimum Gasteiger partial charge on any atom is -0.399 e. The number of rotatable bonds is 3. The van der Waals surface area contributed by atoms with Crippen molar-refractivity contribution in [3.63, 3.8) is 0 Å². The molecule has 4 heteroatoms. The van der Waals surface area contributed by atoms with E-state index in [1.165, 1.54) is 5.56 Å². The van der Waals surface area contributed by atoms with Gasteiger partial charge in [-0.15, -0.1) is 0 Å². The molecular formula is C15H16N4. The highest BCUT2D eigenvalue weighted by atomic mass is 14.9. The quantitative estimate of drug-likeness (QED) is 0.627. The molecule has 0 spiro atoms. The summed E-state index contributed by atoms with van der Waals surface area (Å²) in [5.41, 5.74) is 10.9. The van der Waals surface area contributed by atoms with E-state index in [1.807, 2.05) is 36.7 Å². The van der Waals surface area contributed by atoms with E-state index in [9.17, 15) is 0 Å². The van der Waals surface area contributed by atoms with Gasteiger partial charge in [0.05, 0.1) is 0 Å². The van der Waals surface area contributed by atoms with Gasteiger partial charge in [0.1, 0.15) is 5.65 Å². The van der Waals surface area contributed by atoms with Crippen molar-refractivity contribution in [1.29, 1.82) is 0 Å². The molecule has 2 heterocycles. The van der Waals surface area contributed by atoms with Gasteiger partial charge in [-0.05, 0) is 42.3 Å². The summed E-state index contributed by atoms with van der Waals surface area (Å²) in [7, 11) is 0. The average molecular weight is 252 g/mol. The summed E-state index contributed by atoms with van der Waals surface area (Å²) < 4.78 is 0. The van der Waals surface area contributed by atoms with Crippen molar-refractivity contribution < 1.29 is 0 Å². The van der Waals surface area contributed by atoms with Crippen LogP contribution in [0.1, 0.15) is 11.1 Å². The van der Waals surface area contributed by atoms with Gasteiger partial charge < -0.3 is 16.0 Å². The molecule has 1 aromatic carbocycles. The molecule has 0 radical (unpaired) electrons. The first-order valence-corrected chi connectivity index (χ1v) is 6.24. The molecule has 2 aromatic heterocycles. The lowest BCUT2D eigenvalue weighted by Gasteiger charge is -2.10. The molecule has 0 bridgehead atoms. The summed E-state index contributed by atoms with van der Waals surface area (Å²) in [6, 6.07) is 10.0. The maximum absolute atomic E-state index is 5.80. The molecule has 0 fully saturated rings. The molecule has 0 unspecified atom stereocenters. The first-order valence-electron chi connectivity index (χ1n) is 6.24. The van der Waals surface area contributed by atoms with Crippen molar-refractivity contribution >= 4 is 22.4 Å². The van der Waals surface area contributed by atoms with Gasteiger partial charge in [-0.1, -0.05) is 6.07 Å². The smallest absolute Gasteiger partial charge is 0.137 e. The van der Waals surface area contributed by atoms with Gasteiger partial charge in [0.2, 0.25) is 0 Å². The molecule has 3 rings (SSSR count). The number of hydrogen-bond donors (Lipinski definition) is 3. The minimum absolute atomic E-state index is 0.735. The normalized spacial score (nSPS) is 10.8. The highest BCUT2D eigenvalue weighted by Gasteiger charge is 2.01. The van der Waals surface area contributed by atoms with Crippen LogP contribution in [0.2, 0.25) is 0 Å². The number of nitrogens with zero attached hydrogens (tertiary/aromatic N) is 1. The molecule has 0 saturated carbocycles. The molecular weight excluding hydrogens is 236 g/mol. The molecule has 0 aliphatic carbocycles. The van der Waals surface area contributed by atoms with Crippen LogP contribution in [0.4, 0.5) is 11.4 Å². The Bertz CT molecular complexity index is 715. The summed E-state index contributed by atoms with van der Waals surface area (Å²) in [4.78, 5) is 7.46. The van der Waals surface area contributed by atoms with Crippen molar-refractivity contribution in [2.45, 2.75) is 13.5 Å². The molecule has 0 saturated heterocycles. The number of aromatic amines is 1. The van der Waals surface area contributed by atoms with Crippen LogP contribution >= 0.6 is 0 Å². The lowest BCUT2D eigenvalue weighted by Crippen LogP contribution is -2.02. The predicted octanol–water partition coefficient (Wildman–Crippen LogP) is 3.07. The largest absolute Gasteiger partial charge is 0.399 e. The fraction of sp³-hybridized carbons (Fsp3) is 0.133. The van der Waals surface area contributed by atoms with Gasteiger partial charge in [0.15, 0.2) is 0 Å². The fourth-order valence-electron chi connectivity index (χ4n) is 2.11. The summed E-state index contributed by atoms with van der Waals surface area (Å²) in [6.45, 7) is 2.80. The second-order valence-corrected chi connectivity index (χ2v) is 4.69. The zero-order valence-corrected chi connectivity index (χ0v) is 10.8. The average Bonchev–Trinajstić information content (AvgIpc) is 2.87. The van der Waals surface area contributed by atoms with Gasteiger partial charge in [0, 0.05) is 35.7 Å². The van der Waals surface area contributed by atoms with Crippen LogP contribution in [0.5, 0.6) is 0 Å². The topological polar surface area (TPSA) is 66.7 Å². The number of anilines is 2. The molecule has 96 valence electrons. The summed E-state index contributed by atoms with van der Waals surface area (Å²) >= 11 is 0. The molecule has 3 aromatic rings. The van der Waals surface area contributed by atoms with Crippen molar-refractivity contribution in [1.82, 2.24) is 9.97 Å². The Morgan fingerprint density at radius 1 is 1.26 bits per heavy atom. The minimum atomic E-state index is 0.735. The van der Waals surface area contributed by atoms with E-state index in [0.717, 1.165) is 34.5 Å². The van der Waals surface area contributed by atoms with Gasteiger partial charge in [-0.25, -0.2) is 4.98 Å². The van der Waals surface area contributed by atoms with E-state index < -0.39 is 0 Å². The van der Waals surface area contributed by atoms with E-state index >= 15 is 0 Å². The maximum Gasteiger partial charge on any atom is 0.137 e. The molecule has 0 aliphatic rings. The van der Waals surface area contributed by atoms with Crippen LogP contribution in [-0.4, -0.2) is 9.97 Å². The molecule has 19 heavy (non-hydrogen) atoms. The number of benzene rings is 1. The Kier molecular flexibility index (Phi) is 2.83. The molecule has 4 nitrogen and oxygen atoms in total. The number of nitrogens with two attached hydrogens (primary N) is 1. The third kappa shape index (κ3) is 2.38. The standard InChI is InChI=1S/C15H16N4/c1-10-2-3-13(16)7-14(10)18-8-11-6-12-4-5-17-15(12)19-9-11/h2-7,9,18H,8,16H2,1H3,(H,17,19). The van der Waals surface area contributed by atoms with Crippen LogP contribution in [0, 0.1) is 6.92 Å². The molecule has 0 aliphatic heterocycles. The Morgan fingerprint density at radius 3 is 3.05 bits per heavy atom. The lowest BCUT2D eigenvalue weighted by atomic mass is 10.1. The van der Waals surface area contributed by atoms with Crippen LogP contribution in [0.15, 0.2) is 42.7 Å². The second-order valence-electron chi connectivity index (χ2n) is 4.69. The number of fused-ring (bicyclic) bond motifs is 1. The van der Waals surface area contributed by atoms with E-state index in [2.05, 4.69) is 28.3 Å². The number of pyridine rings is 1. The first kappa shape index (κ1) is 11.6. The third-order valence-corrected chi connectivity index (χ3v) is 3.20. The van der Waals surface area contributed by atoms with Gasteiger partial charge in [-0.2, -0.15) is 0 Å². The molecule has 0 atom stereocenters. The monoisotopic (exact) mass is 252 g/mol. The Labute approximate surface area is 111 Å². The van der Waals surface area contributed by atoms with E-state index in [4.69, 9.17) is 5.73 Å². The van der Waals surface area contributed by atoms with Crippen molar-refractivity contribution in [2.24, 2.45) is 0 Å². The third-order valence-electron chi connectivity index (χ3n) is 3.20. The van der Waals surface area contributed by atoms with Crippen molar-refractivity contribution in [3.05, 3.63) is 53.9 Å². The SMILES string of the molecule is Cc1ccc(N)cc1NCc1cnc2[nH]ccc2c1. The van der Waals surface area contributed by atoms with Gasteiger partial charge in [-0.3, -0.25) is 0 Å². The van der Waals surface area contributed by atoms with Crippen molar-refractivity contribution in [3.8, 4) is 0 Å². The number of H-pyrrole nitrogens is 1. The van der Waals surface area contributed by atoms with E-state index in [0.29, 0.717) is 0 Å². The highest BCUT2D eigenvalue weighted by Crippen LogP contribution is 2.19. The number of aryl methyl sites for hydroxylation is 1. The number of nitrogens with one attached hydrogen (secondary N) is 2. The van der Waals surface area contributed by atoms with Gasteiger partial charge >= 0.3 is 0 Å². The Hall–Kier alpha value is -2.49. The summed E-state index contributed by atoms with van der Waals surface area (Å²) in [5, 5.41) is 4.53. The maximum atomic E-state index is 5.80. The molecule has 4 N–H and O–H groups in total. The number of aromatic nitrogens is 2. The van der Waals surface area contributed by atoms with Crippen LogP contribution in [-0.2, 0) is 6.54 Å². The van der Waals surface area contributed by atoms with E-state index in [-0.39, 0.29) is 0 Å². The van der Waals surface area contributed by atoms with Crippen LogP contribution in [0.25, 0.3) is 11.0 Å². The fourth-order valence-corrected chi connectivity index (χ4v) is 2.11. The summed E-state index contributed by atoms with van der Waals surface area (Å²) in [6.07, 6.45) is 3.78.